The van der Waals surface area contributed by atoms with Gasteiger partial charge >= 0.3 is 5.97 Å². The van der Waals surface area contributed by atoms with Crippen LogP contribution in [0.25, 0.3) is 0 Å². The number of carbonyl (C=O) groups is 3. The van der Waals surface area contributed by atoms with Crippen molar-refractivity contribution in [3.05, 3.63) is 46.9 Å². The monoisotopic (exact) mass is 578 g/mol. The van der Waals surface area contributed by atoms with E-state index in [9.17, 15) is 19.5 Å². The fourth-order valence-corrected chi connectivity index (χ4v) is 6.78. The van der Waals surface area contributed by atoms with Crippen LogP contribution in [-0.4, -0.2) is 75.1 Å². The van der Waals surface area contributed by atoms with Gasteiger partial charge in [-0.25, -0.2) is 9.78 Å². The van der Waals surface area contributed by atoms with Crippen molar-refractivity contribution in [3.63, 3.8) is 0 Å². The lowest BCUT2D eigenvalue weighted by atomic mass is 10.0. The Morgan fingerprint density at radius 2 is 2.16 bits per heavy atom. The summed E-state index contributed by atoms with van der Waals surface area (Å²) in [5.41, 5.74) is 9.67. The number of anilines is 1. The molecule has 2 aliphatic rings. The number of rotatable bonds is 12. The number of aliphatic carboxylic acids is 1. The zero-order valence-electron chi connectivity index (χ0n) is 20.7. The molecule has 1 saturated heterocycles. The number of hydrogen-bond acceptors (Lipinski definition) is 11. The lowest BCUT2D eigenvalue weighted by Gasteiger charge is -2.49. The minimum atomic E-state index is -1.17. The van der Waals surface area contributed by atoms with E-state index >= 15 is 0 Å². The third-order valence-corrected chi connectivity index (χ3v) is 8.85. The first-order chi connectivity index (χ1) is 18.3. The molecule has 2 aromatic rings. The summed E-state index contributed by atoms with van der Waals surface area (Å²) >= 11 is 4.05. The maximum atomic E-state index is 13.0. The highest BCUT2D eigenvalue weighted by molar-refractivity contribution is 8.01. The number of fused-ring (bicyclic) bond motifs is 1. The fraction of sp³-hybridized carbons (Fsp3) is 0.391. The molecule has 2 aliphatic heterocycles. The fourth-order valence-electron chi connectivity index (χ4n) is 3.87. The second kappa shape index (κ2) is 12.5. The number of unbranched alkanes of at least 4 members (excludes halogenated alkanes) is 1. The van der Waals surface area contributed by atoms with Gasteiger partial charge in [-0.3, -0.25) is 14.5 Å². The Labute approximate surface area is 231 Å². The molecule has 5 N–H and O–H groups in total. The summed E-state index contributed by atoms with van der Waals surface area (Å²) in [4.78, 5) is 49.1. The quantitative estimate of drug-likeness (QED) is 0.0720. The summed E-state index contributed by atoms with van der Waals surface area (Å²) in [6.45, 7) is 3.02. The molecular weight excluding hydrogens is 550 g/mol. The lowest BCUT2D eigenvalue weighted by molar-refractivity contribution is -0.650. The van der Waals surface area contributed by atoms with Crippen LogP contribution in [0.1, 0.15) is 25.5 Å². The molecule has 4 heterocycles. The summed E-state index contributed by atoms with van der Waals surface area (Å²) in [7, 11) is 1.29. The number of hydrogen-bond donors (Lipinski definition) is 4. The summed E-state index contributed by atoms with van der Waals surface area (Å²) in [5, 5.41) is 17.6. The third kappa shape index (κ3) is 6.05. The number of carbonyl (C=O) groups excluding carboxylic acids is 2. The Balaban J connectivity index is 1.42. The van der Waals surface area contributed by atoms with Crippen LogP contribution in [0.2, 0.25) is 0 Å². The number of carboxylic acids is 1. The molecule has 202 valence electrons. The molecule has 2 amide bonds. The molecule has 0 bridgehead atoms. The van der Waals surface area contributed by atoms with Gasteiger partial charge in [-0.1, -0.05) is 23.2 Å². The Bertz CT molecular complexity index is 1260. The normalized spacial score (nSPS) is 19.1. The first-order valence-corrected chi connectivity index (χ1v) is 14.7. The molecule has 0 saturated carbocycles. The maximum Gasteiger partial charge on any atom is 0.352 e. The molecule has 38 heavy (non-hydrogen) atoms. The largest absolute Gasteiger partial charge is 0.477 e. The number of carboxylic acid groups (broad SMARTS) is 1. The molecule has 4 rings (SSSR count). The summed E-state index contributed by atoms with van der Waals surface area (Å²) < 4.78 is 1.89. The van der Waals surface area contributed by atoms with E-state index in [1.54, 1.807) is 5.38 Å². The van der Waals surface area contributed by atoms with Gasteiger partial charge in [0, 0.05) is 33.9 Å². The zero-order valence-corrected chi connectivity index (χ0v) is 23.2. The van der Waals surface area contributed by atoms with Crippen molar-refractivity contribution in [2.45, 2.75) is 36.1 Å². The van der Waals surface area contributed by atoms with Crippen molar-refractivity contribution >= 4 is 63.5 Å². The molecule has 12 nitrogen and oxygen atoms in total. The number of thioether (sulfide) groups is 2. The standard InChI is InChI=1S/C23H27N7O5S3/c1-3-4-7-25-29-8-5-14(6-9-29)36-10-13-11-37-21-17(20(32)30(21)18(13)22(33)34)27-19(31)16(28-35-2)15-12-38-23(24)26-15/h5-6,8-9,12,17,21,25H,3-4,7,10-11H2,1-2H3,(H3-,24,26,27,31,33,34)/p+1/b28-16-/t17-,21-/m1/s1. The van der Waals surface area contributed by atoms with Crippen molar-refractivity contribution in [3.8, 4) is 0 Å². The van der Waals surface area contributed by atoms with Crippen LogP contribution in [-0.2, 0) is 19.2 Å². The first-order valence-electron chi connectivity index (χ1n) is 11.7. The van der Waals surface area contributed by atoms with Crippen molar-refractivity contribution < 1.29 is 29.0 Å². The van der Waals surface area contributed by atoms with Gasteiger partial charge in [0.05, 0.1) is 6.54 Å². The predicted molar refractivity (Wildman–Crippen MR) is 146 cm³/mol. The van der Waals surface area contributed by atoms with Gasteiger partial charge < -0.3 is 21.0 Å². The van der Waals surface area contributed by atoms with E-state index < -0.39 is 29.2 Å². The van der Waals surface area contributed by atoms with Crippen molar-refractivity contribution in [1.82, 2.24) is 15.2 Å². The molecule has 15 heteroatoms. The number of thiazole rings is 1. The Hall–Kier alpha value is -3.30. The van der Waals surface area contributed by atoms with Crippen LogP contribution in [0.5, 0.6) is 0 Å². The zero-order chi connectivity index (χ0) is 27.2. The van der Waals surface area contributed by atoms with E-state index in [-0.39, 0.29) is 22.2 Å². The first kappa shape index (κ1) is 27.7. The predicted octanol–water partition coefficient (Wildman–Crippen LogP) is 1.24. The minimum absolute atomic E-state index is 0.0259. The number of aromatic nitrogens is 2. The van der Waals surface area contributed by atoms with E-state index in [0.717, 1.165) is 35.6 Å². The van der Waals surface area contributed by atoms with E-state index in [1.165, 1.54) is 35.5 Å². The molecule has 2 atom stereocenters. The van der Waals surface area contributed by atoms with Gasteiger partial charge in [0.15, 0.2) is 10.8 Å². The smallest absolute Gasteiger partial charge is 0.352 e. The van der Waals surface area contributed by atoms with Crippen LogP contribution in [0.15, 0.2) is 51.2 Å². The Morgan fingerprint density at radius 1 is 1.39 bits per heavy atom. The Morgan fingerprint density at radius 3 is 2.79 bits per heavy atom. The second-order valence-electron chi connectivity index (χ2n) is 8.30. The number of nitrogen functional groups attached to an aromatic ring is 1. The number of pyridine rings is 1. The van der Waals surface area contributed by atoms with Crippen LogP contribution < -0.4 is 21.2 Å². The van der Waals surface area contributed by atoms with Crippen LogP contribution in [0.4, 0.5) is 5.13 Å². The second-order valence-corrected chi connectivity index (χ2v) is 11.3. The third-order valence-electron chi connectivity index (χ3n) is 5.74. The summed E-state index contributed by atoms with van der Waals surface area (Å²) in [6.07, 6.45) is 6.03. The van der Waals surface area contributed by atoms with Gasteiger partial charge in [0.25, 0.3) is 11.8 Å². The van der Waals surface area contributed by atoms with Gasteiger partial charge in [0.2, 0.25) is 12.4 Å². The minimum Gasteiger partial charge on any atom is -0.477 e. The number of nitrogens with one attached hydrogen (secondary N) is 2. The Kier molecular flexibility index (Phi) is 9.12. The van der Waals surface area contributed by atoms with E-state index in [2.05, 4.69) is 27.8 Å². The average Bonchev–Trinajstić information content (AvgIpc) is 3.34. The number of nitrogens with zero attached hydrogens (tertiary/aromatic N) is 4. The highest BCUT2D eigenvalue weighted by atomic mass is 32.2. The van der Waals surface area contributed by atoms with Gasteiger partial charge in [0.1, 0.15) is 29.9 Å². The van der Waals surface area contributed by atoms with Gasteiger partial charge in [-0.2, -0.15) is 5.43 Å². The van der Waals surface area contributed by atoms with Crippen molar-refractivity contribution in [2.24, 2.45) is 5.16 Å². The molecule has 0 spiro atoms. The maximum absolute atomic E-state index is 13.0. The molecule has 2 aromatic heterocycles. The molecule has 0 unspecified atom stereocenters. The van der Waals surface area contributed by atoms with Crippen molar-refractivity contribution in [2.75, 3.05) is 36.3 Å². The molecule has 0 aromatic carbocycles. The van der Waals surface area contributed by atoms with Crippen LogP contribution in [0.3, 0.4) is 0 Å². The molecule has 0 radical (unpaired) electrons. The molecule has 0 aliphatic carbocycles. The highest BCUT2D eigenvalue weighted by Crippen LogP contribution is 2.41. The SMILES string of the molecule is CCCCN[n+]1ccc(SCC2=C(C(=O)O)N3C(=O)[C@@H](NC(=O)/C(=N\OC)c4csc(N)n4)[C@H]3SC2)cc1. The topological polar surface area (TPSA) is 163 Å². The number of nitrogens with two attached hydrogens (primary N) is 1. The van der Waals surface area contributed by atoms with E-state index in [1.807, 2.05) is 29.2 Å². The van der Waals surface area contributed by atoms with Crippen LogP contribution >= 0.6 is 34.9 Å². The van der Waals surface area contributed by atoms with Gasteiger partial charge in [-0.05, 0) is 12.0 Å². The number of β-lactam (4-membered cyclic amide) rings is 1. The average molecular weight is 579 g/mol. The summed E-state index contributed by atoms with van der Waals surface area (Å²) in [5.74, 6) is -1.49. The molecule has 1 fully saturated rings. The van der Waals surface area contributed by atoms with Crippen LogP contribution in [0, 0.1) is 0 Å². The van der Waals surface area contributed by atoms with Crippen molar-refractivity contribution in [1.29, 1.82) is 0 Å². The van der Waals surface area contributed by atoms with Gasteiger partial charge in [-0.15, -0.1) is 34.9 Å². The lowest BCUT2D eigenvalue weighted by Crippen LogP contribution is -2.71. The summed E-state index contributed by atoms with van der Waals surface area (Å²) in [6, 6.07) is 3.01. The number of oxime groups is 1. The van der Waals surface area contributed by atoms with E-state index in [4.69, 9.17) is 10.6 Å². The highest BCUT2D eigenvalue weighted by Gasteiger charge is 2.54. The number of amides is 2. The van der Waals surface area contributed by atoms with E-state index in [0.29, 0.717) is 17.1 Å². The molecular formula is C23H28N7O5S3+.